The molecule has 4 nitrogen and oxygen atoms in total. The van der Waals surface area contributed by atoms with Crippen LogP contribution in [0.4, 0.5) is 11.4 Å². The van der Waals surface area contributed by atoms with Gasteiger partial charge in [-0.2, -0.15) is 0 Å². The molecule has 0 heterocycles. The lowest BCUT2D eigenvalue weighted by Crippen LogP contribution is -2.32. The van der Waals surface area contributed by atoms with Crippen LogP contribution >= 0.6 is 34.8 Å². The van der Waals surface area contributed by atoms with Gasteiger partial charge in [0.2, 0.25) is 11.8 Å². The van der Waals surface area contributed by atoms with Crippen molar-refractivity contribution in [3.63, 3.8) is 0 Å². The Hall–Kier alpha value is -1.75. The van der Waals surface area contributed by atoms with Crippen LogP contribution in [0.15, 0.2) is 36.4 Å². The molecule has 0 fully saturated rings. The van der Waals surface area contributed by atoms with E-state index >= 15 is 0 Å². The lowest BCUT2D eigenvalue weighted by atomic mass is 10.2. The van der Waals surface area contributed by atoms with Gasteiger partial charge in [0.15, 0.2) is 0 Å². The number of amides is 2. The number of aryl methyl sites for hydroxylation is 1. The van der Waals surface area contributed by atoms with E-state index in [2.05, 4.69) is 5.32 Å². The predicted molar refractivity (Wildman–Crippen MR) is 104 cm³/mol. The summed E-state index contributed by atoms with van der Waals surface area (Å²) >= 11 is 17.9. The van der Waals surface area contributed by atoms with Crippen LogP contribution < -0.4 is 10.2 Å². The highest BCUT2D eigenvalue weighted by molar-refractivity contribution is 6.35. The first-order valence-corrected chi connectivity index (χ1v) is 8.70. The zero-order valence-corrected chi connectivity index (χ0v) is 16.0. The topological polar surface area (TPSA) is 49.4 Å². The molecule has 0 saturated carbocycles. The van der Waals surface area contributed by atoms with E-state index in [0.717, 1.165) is 5.56 Å². The standard InChI is InChI=1S/C18H17Cl3N2O2/c1-11-7-13(19)3-4-17(11)22-18(25)5-6-23(12(2)24)16-9-14(20)8-15(21)10-16/h3-4,7-10H,5-6H2,1-2H3,(H,22,25). The van der Waals surface area contributed by atoms with Gasteiger partial charge in [-0.25, -0.2) is 0 Å². The van der Waals surface area contributed by atoms with E-state index in [1.165, 1.54) is 11.8 Å². The molecule has 1 N–H and O–H groups in total. The molecular weight excluding hydrogens is 383 g/mol. The van der Waals surface area contributed by atoms with E-state index in [1.807, 2.05) is 6.92 Å². The van der Waals surface area contributed by atoms with Crippen molar-refractivity contribution in [3.05, 3.63) is 57.0 Å². The Bertz CT molecular complexity index is 789. The maximum atomic E-state index is 12.2. The summed E-state index contributed by atoms with van der Waals surface area (Å²) in [4.78, 5) is 25.6. The molecule has 0 aliphatic carbocycles. The predicted octanol–water partition coefficient (Wildman–Crippen LogP) is 5.34. The highest BCUT2D eigenvalue weighted by atomic mass is 35.5. The van der Waals surface area contributed by atoms with Gasteiger partial charge in [-0.15, -0.1) is 0 Å². The van der Waals surface area contributed by atoms with Gasteiger partial charge in [0.1, 0.15) is 0 Å². The van der Waals surface area contributed by atoms with Crippen LogP contribution in [0.5, 0.6) is 0 Å². The highest BCUT2D eigenvalue weighted by Crippen LogP contribution is 2.26. The third kappa shape index (κ3) is 5.63. The Labute approximate surface area is 161 Å². The normalized spacial score (nSPS) is 10.4. The summed E-state index contributed by atoms with van der Waals surface area (Å²) in [5.41, 5.74) is 2.11. The van der Waals surface area contributed by atoms with Gasteiger partial charge >= 0.3 is 0 Å². The molecule has 0 radical (unpaired) electrons. The van der Waals surface area contributed by atoms with Crippen LogP contribution in [0.2, 0.25) is 15.1 Å². The second-order valence-corrected chi connectivity index (χ2v) is 6.87. The smallest absolute Gasteiger partial charge is 0.226 e. The van der Waals surface area contributed by atoms with Crippen LogP contribution in [-0.2, 0) is 9.59 Å². The van der Waals surface area contributed by atoms with Gasteiger partial charge in [0, 0.05) is 46.3 Å². The first kappa shape index (κ1) is 19.6. The SMILES string of the molecule is CC(=O)N(CCC(=O)Nc1ccc(Cl)cc1C)c1cc(Cl)cc(Cl)c1. The van der Waals surface area contributed by atoms with E-state index in [9.17, 15) is 9.59 Å². The molecule has 0 bridgehead atoms. The Morgan fingerprint density at radius 3 is 2.20 bits per heavy atom. The van der Waals surface area contributed by atoms with Crippen molar-refractivity contribution in [1.82, 2.24) is 0 Å². The minimum atomic E-state index is -0.204. The number of rotatable bonds is 5. The third-order valence-corrected chi connectivity index (χ3v) is 4.24. The average molecular weight is 400 g/mol. The zero-order chi connectivity index (χ0) is 18.6. The number of benzene rings is 2. The van der Waals surface area contributed by atoms with Crippen LogP contribution in [0.25, 0.3) is 0 Å². The van der Waals surface area contributed by atoms with Crippen molar-refractivity contribution in [2.75, 3.05) is 16.8 Å². The van der Waals surface area contributed by atoms with E-state index in [-0.39, 0.29) is 24.8 Å². The van der Waals surface area contributed by atoms with Gasteiger partial charge < -0.3 is 10.2 Å². The van der Waals surface area contributed by atoms with Gasteiger partial charge in [-0.05, 0) is 48.9 Å². The summed E-state index contributed by atoms with van der Waals surface area (Å²) in [5, 5.41) is 4.28. The Kier molecular flexibility index (Phi) is 6.71. The Morgan fingerprint density at radius 2 is 1.64 bits per heavy atom. The second-order valence-electron chi connectivity index (χ2n) is 5.56. The number of nitrogens with one attached hydrogen (secondary N) is 1. The highest BCUT2D eigenvalue weighted by Gasteiger charge is 2.15. The third-order valence-electron chi connectivity index (χ3n) is 3.56. The maximum Gasteiger partial charge on any atom is 0.226 e. The first-order valence-electron chi connectivity index (χ1n) is 7.56. The molecule has 0 aliphatic rings. The van der Waals surface area contributed by atoms with Crippen LogP contribution in [0.3, 0.4) is 0 Å². The Morgan fingerprint density at radius 1 is 1.00 bits per heavy atom. The molecule has 2 aromatic carbocycles. The van der Waals surface area contributed by atoms with Crippen LogP contribution in [-0.4, -0.2) is 18.4 Å². The van der Waals surface area contributed by atoms with Gasteiger partial charge in [0.25, 0.3) is 0 Å². The summed E-state index contributed by atoms with van der Waals surface area (Å²) in [5.74, 6) is -0.404. The fourth-order valence-corrected chi connectivity index (χ4v) is 3.10. The molecule has 7 heteroatoms. The molecule has 2 rings (SSSR count). The van der Waals surface area contributed by atoms with E-state index in [1.54, 1.807) is 36.4 Å². The summed E-state index contributed by atoms with van der Waals surface area (Å²) in [6.45, 7) is 3.50. The molecule has 0 unspecified atom stereocenters. The minimum Gasteiger partial charge on any atom is -0.326 e. The largest absolute Gasteiger partial charge is 0.326 e. The summed E-state index contributed by atoms with van der Waals surface area (Å²) in [6, 6.07) is 10.1. The molecular formula is C18H17Cl3N2O2. The van der Waals surface area contributed by atoms with Crippen molar-refractivity contribution in [2.45, 2.75) is 20.3 Å². The fourth-order valence-electron chi connectivity index (χ4n) is 2.36. The summed E-state index contributed by atoms with van der Waals surface area (Å²) in [7, 11) is 0. The number of carbonyl (C=O) groups is 2. The maximum absolute atomic E-state index is 12.2. The van der Waals surface area contributed by atoms with Gasteiger partial charge in [-0.1, -0.05) is 34.8 Å². The Balaban J connectivity index is 2.05. The fraction of sp³-hybridized carbons (Fsp3) is 0.222. The van der Waals surface area contributed by atoms with Crippen molar-refractivity contribution in [1.29, 1.82) is 0 Å². The number of anilines is 2. The lowest BCUT2D eigenvalue weighted by Gasteiger charge is -2.21. The summed E-state index contributed by atoms with van der Waals surface area (Å²) < 4.78 is 0. The van der Waals surface area contributed by atoms with Crippen LogP contribution in [0.1, 0.15) is 18.9 Å². The molecule has 25 heavy (non-hydrogen) atoms. The van der Waals surface area contributed by atoms with E-state index in [0.29, 0.717) is 26.4 Å². The molecule has 0 atom stereocenters. The van der Waals surface area contributed by atoms with Crippen molar-refractivity contribution >= 4 is 58.0 Å². The molecule has 2 amide bonds. The monoisotopic (exact) mass is 398 g/mol. The first-order chi connectivity index (χ1) is 11.8. The quantitative estimate of drug-likeness (QED) is 0.738. The van der Waals surface area contributed by atoms with Gasteiger partial charge in [0.05, 0.1) is 0 Å². The molecule has 132 valence electrons. The number of hydrogen-bond acceptors (Lipinski definition) is 2. The average Bonchev–Trinajstić information content (AvgIpc) is 2.49. The molecule has 0 aliphatic heterocycles. The van der Waals surface area contributed by atoms with Crippen molar-refractivity contribution in [2.24, 2.45) is 0 Å². The van der Waals surface area contributed by atoms with Gasteiger partial charge in [-0.3, -0.25) is 9.59 Å². The molecule has 0 saturated heterocycles. The van der Waals surface area contributed by atoms with E-state index in [4.69, 9.17) is 34.8 Å². The minimum absolute atomic E-state index is 0.131. The number of nitrogens with zero attached hydrogens (tertiary/aromatic N) is 1. The lowest BCUT2D eigenvalue weighted by molar-refractivity contribution is -0.117. The van der Waals surface area contributed by atoms with Crippen molar-refractivity contribution in [3.8, 4) is 0 Å². The summed E-state index contributed by atoms with van der Waals surface area (Å²) in [6.07, 6.45) is 0.131. The number of hydrogen-bond donors (Lipinski definition) is 1. The second kappa shape index (κ2) is 8.56. The number of carbonyl (C=O) groups excluding carboxylic acids is 2. The van der Waals surface area contributed by atoms with Crippen molar-refractivity contribution < 1.29 is 9.59 Å². The van der Waals surface area contributed by atoms with E-state index < -0.39 is 0 Å². The molecule has 0 aromatic heterocycles. The molecule has 2 aromatic rings. The number of halogens is 3. The zero-order valence-electron chi connectivity index (χ0n) is 13.8. The molecule has 0 spiro atoms. The van der Waals surface area contributed by atoms with Crippen LogP contribution in [0, 0.1) is 6.92 Å².